The van der Waals surface area contributed by atoms with E-state index in [4.69, 9.17) is 9.26 Å². The van der Waals surface area contributed by atoms with Crippen molar-refractivity contribution in [1.82, 2.24) is 20.3 Å². The molecule has 8 nitrogen and oxygen atoms in total. The van der Waals surface area contributed by atoms with Gasteiger partial charge in [-0.3, -0.25) is 0 Å². The van der Waals surface area contributed by atoms with Crippen molar-refractivity contribution in [2.24, 2.45) is 0 Å². The third-order valence-corrected chi connectivity index (χ3v) is 2.73. The van der Waals surface area contributed by atoms with Crippen LogP contribution in [-0.2, 0) is 0 Å². The van der Waals surface area contributed by atoms with Crippen LogP contribution >= 0.6 is 0 Å². The fourth-order valence-electron chi connectivity index (χ4n) is 1.65. The Bertz CT molecular complexity index is 770. The van der Waals surface area contributed by atoms with Crippen molar-refractivity contribution in [3.05, 3.63) is 30.3 Å². The van der Waals surface area contributed by atoms with E-state index in [0.29, 0.717) is 17.1 Å². The van der Waals surface area contributed by atoms with E-state index < -0.39 is 0 Å². The zero-order valence-corrected chi connectivity index (χ0v) is 10.9. The van der Waals surface area contributed by atoms with Crippen LogP contribution in [0.2, 0.25) is 0 Å². The van der Waals surface area contributed by atoms with E-state index in [-0.39, 0.29) is 23.2 Å². The number of methoxy groups -OCH3 is 1. The summed E-state index contributed by atoms with van der Waals surface area (Å²) in [5.41, 5.74) is 0.902. The van der Waals surface area contributed by atoms with Crippen LogP contribution in [-0.4, -0.2) is 37.7 Å². The number of hydrogen-bond donors (Lipinski definition) is 2. The van der Waals surface area contributed by atoms with E-state index in [0.717, 1.165) is 0 Å². The monoisotopic (exact) mass is 286 g/mol. The number of ether oxygens (including phenoxy) is 1. The second-order valence-electron chi connectivity index (χ2n) is 4.09. The van der Waals surface area contributed by atoms with Gasteiger partial charge in [0, 0.05) is 11.6 Å². The number of benzene rings is 1. The fourth-order valence-corrected chi connectivity index (χ4v) is 1.65. The van der Waals surface area contributed by atoms with Crippen molar-refractivity contribution in [3.8, 4) is 40.4 Å². The Morgan fingerprint density at radius 3 is 2.57 bits per heavy atom. The van der Waals surface area contributed by atoms with E-state index in [9.17, 15) is 10.2 Å². The molecule has 0 fully saturated rings. The van der Waals surface area contributed by atoms with Gasteiger partial charge in [-0.2, -0.15) is 4.98 Å². The van der Waals surface area contributed by atoms with E-state index in [1.807, 2.05) is 0 Å². The molecule has 3 aromatic rings. The number of hydrogen-bond acceptors (Lipinski definition) is 8. The molecule has 106 valence electrons. The average molecular weight is 286 g/mol. The quantitative estimate of drug-likeness (QED) is 0.698. The molecule has 0 saturated heterocycles. The Labute approximate surface area is 118 Å². The lowest BCUT2D eigenvalue weighted by atomic mass is 10.2. The standard InChI is InChI=1S/C13H10N4O4/c1-20-11-5-3-8(15-16-11)12-14-13(21-17-12)7-2-4-9(18)10(19)6-7/h2-6,18-19H,1H3. The SMILES string of the molecule is COc1ccc(-c2noc(-c3ccc(O)c(O)c3)n2)nn1. The van der Waals surface area contributed by atoms with Crippen LogP contribution in [0, 0.1) is 0 Å². The summed E-state index contributed by atoms with van der Waals surface area (Å²) in [4.78, 5) is 4.16. The number of phenols is 2. The van der Waals surface area contributed by atoms with Gasteiger partial charge in [0.05, 0.1) is 7.11 Å². The zero-order valence-electron chi connectivity index (χ0n) is 10.9. The van der Waals surface area contributed by atoms with Gasteiger partial charge in [0.25, 0.3) is 5.89 Å². The van der Waals surface area contributed by atoms with E-state index in [1.165, 1.54) is 19.2 Å². The van der Waals surface area contributed by atoms with Crippen LogP contribution in [0.15, 0.2) is 34.9 Å². The molecule has 0 aliphatic heterocycles. The smallest absolute Gasteiger partial charge is 0.258 e. The predicted octanol–water partition coefficient (Wildman–Crippen LogP) is 1.61. The summed E-state index contributed by atoms with van der Waals surface area (Å²) in [5.74, 6) is 0.340. The molecule has 0 unspecified atom stereocenters. The van der Waals surface area contributed by atoms with Crippen LogP contribution < -0.4 is 4.74 Å². The van der Waals surface area contributed by atoms with Crippen molar-refractivity contribution in [2.75, 3.05) is 7.11 Å². The van der Waals surface area contributed by atoms with Gasteiger partial charge in [-0.05, 0) is 24.3 Å². The van der Waals surface area contributed by atoms with Crippen molar-refractivity contribution >= 4 is 0 Å². The minimum absolute atomic E-state index is 0.193. The predicted molar refractivity (Wildman–Crippen MR) is 70.6 cm³/mol. The maximum absolute atomic E-state index is 9.47. The van der Waals surface area contributed by atoms with Crippen molar-refractivity contribution in [2.45, 2.75) is 0 Å². The number of aromatic hydroxyl groups is 2. The lowest BCUT2D eigenvalue weighted by Gasteiger charge is -1.98. The lowest BCUT2D eigenvalue weighted by molar-refractivity contribution is 0.392. The number of aromatic nitrogens is 4. The maximum atomic E-state index is 9.47. The number of phenolic OH excluding ortho intramolecular Hbond substituents is 2. The molecule has 2 aromatic heterocycles. The Morgan fingerprint density at radius 2 is 1.90 bits per heavy atom. The van der Waals surface area contributed by atoms with E-state index in [2.05, 4.69) is 20.3 Å². The zero-order chi connectivity index (χ0) is 14.8. The molecule has 2 N–H and O–H groups in total. The molecule has 0 radical (unpaired) electrons. The molecule has 3 rings (SSSR count). The molecule has 2 heterocycles. The number of rotatable bonds is 3. The highest BCUT2D eigenvalue weighted by Crippen LogP contribution is 2.30. The summed E-state index contributed by atoms with van der Waals surface area (Å²) in [6, 6.07) is 7.49. The van der Waals surface area contributed by atoms with Crippen LogP contribution in [0.25, 0.3) is 23.0 Å². The molecule has 0 bridgehead atoms. The van der Waals surface area contributed by atoms with Gasteiger partial charge in [0.2, 0.25) is 11.7 Å². The molecule has 0 aliphatic carbocycles. The van der Waals surface area contributed by atoms with E-state index in [1.54, 1.807) is 18.2 Å². The van der Waals surface area contributed by atoms with Crippen LogP contribution in [0.4, 0.5) is 0 Å². The molecule has 0 amide bonds. The molecule has 1 aromatic carbocycles. The summed E-state index contributed by atoms with van der Waals surface area (Å²) < 4.78 is 10.0. The second-order valence-corrected chi connectivity index (χ2v) is 4.09. The molecular formula is C13H10N4O4. The van der Waals surface area contributed by atoms with Crippen molar-refractivity contribution in [3.63, 3.8) is 0 Å². The normalized spacial score (nSPS) is 10.5. The highest BCUT2D eigenvalue weighted by molar-refractivity contribution is 5.61. The third kappa shape index (κ3) is 2.46. The third-order valence-electron chi connectivity index (χ3n) is 2.73. The highest BCUT2D eigenvalue weighted by Gasteiger charge is 2.13. The van der Waals surface area contributed by atoms with Crippen LogP contribution in [0.5, 0.6) is 17.4 Å². The Kier molecular flexibility index (Phi) is 3.11. The van der Waals surface area contributed by atoms with Crippen LogP contribution in [0.1, 0.15) is 0 Å². The average Bonchev–Trinajstić information content (AvgIpc) is 3.00. The Hall–Kier alpha value is -3.16. The first-order valence-corrected chi connectivity index (χ1v) is 5.91. The topological polar surface area (TPSA) is 114 Å². The fraction of sp³-hybridized carbons (Fsp3) is 0.0769. The van der Waals surface area contributed by atoms with E-state index >= 15 is 0 Å². The van der Waals surface area contributed by atoms with Gasteiger partial charge >= 0.3 is 0 Å². The van der Waals surface area contributed by atoms with Gasteiger partial charge in [0.1, 0.15) is 5.69 Å². The summed E-state index contributed by atoms with van der Waals surface area (Å²) in [5, 5.41) is 30.3. The van der Waals surface area contributed by atoms with Gasteiger partial charge in [0.15, 0.2) is 11.5 Å². The first-order valence-electron chi connectivity index (χ1n) is 5.91. The van der Waals surface area contributed by atoms with Gasteiger partial charge in [-0.15, -0.1) is 10.2 Å². The van der Waals surface area contributed by atoms with Crippen molar-refractivity contribution < 1.29 is 19.5 Å². The summed E-state index contributed by atoms with van der Waals surface area (Å²) in [6.45, 7) is 0. The minimum atomic E-state index is -0.267. The molecule has 0 spiro atoms. The maximum Gasteiger partial charge on any atom is 0.258 e. The highest BCUT2D eigenvalue weighted by atomic mass is 16.5. The minimum Gasteiger partial charge on any atom is -0.504 e. The van der Waals surface area contributed by atoms with Crippen LogP contribution in [0.3, 0.4) is 0 Å². The first-order chi connectivity index (χ1) is 10.2. The second kappa shape index (κ2) is 5.08. The van der Waals surface area contributed by atoms with Gasteiger partial charge < -0.3 is 19.5 Å². The summed E-state index contributed by atoms with van der Waals surface area (Å²) >= 11 is 0. The first kappa shape index (κ1) is 12.9. The molecular weight excluding hydrogens is 276 g/mol. The van der Waals surface area contributed by atoms with Gasteiger partial charge in [-0.1, -0.05) is 5.16 Å². The molecule has 8 heteroatoms. The van der Waals surface area contributed by atoms with Gasteiger partial charge in [-0.25, -0.2) is 0 Å². The lowest BCUT2D eigenvalue weighted by Crippen LogP contribution is -1.93. The Balaban J connectivity index is 1.93. The summed E-state index contributed by atoms with van der Waals surface area (Å²) in [6.07, 6.45) is 0. The molecule has 0 aliphatic rings. The molecule has 0 saturated carbocycles. The number of nitrogens with zero attached hydrogens (tertiary/aromatic N) is 4. The summed E-state index contributed by atoms with van der Waals surface area (Å²) in [7, 11) is 1.49. The Morgan fingerprint density at radius 1 is 1.05 bits per heavy atom. The largest absolute Gasteiger partial charge is 0.504 e. The molecule has 0 atom stereocenters. The molecule has 21 heavy (non-hydrogen) atoms. The van der Waals surface area contributed by atoms with Crippen molar-refractivity contribution in [1.29, 1.82) is 0 Å².